The first-order chi connectivity index (χ1) is 7.00. The van der Waals surface area contributed by atoms with Crippen molar-refractivity contribution >= 4 is 11.7 Å². The molecule has 0 saturated carbocycles. The Kier molecular flexibility index (Phi) is 3.71. The summed E-state index contributed by atoms with van der Waals surface area (Å²) in [4.78, 5) is 13.4. The Morgan fingerprint density at radius 2 is 2.33 bits per heavy atom. The van der Waals surface area contributed by atoms with Crippen LogP contribution in [0.25, 0.3) is 0 Å². The number of amides is 1. The van der Waals surface area contributed by atoms with Gasteiger partial charge in [-0.1, -0.05) is 13.8 Å². The number of carbonyl (C=O) groups is 1. The number of nitrogens with zero attached hydrogens (tertiary/aromatic N) is 2. The van der Waals surface area contributed by atoms with Gasteiger partial charge in [0.05, 0.1) is 0 Å². The minimum Gasteiger partial charge on any atom is -0.382 e. The molecule has 0 unspecified atom stereocenters. The predicted molar refractivity (Wildman–Crippen MR) is 59.4 cm³/mol. The summed E-state index contributed by atoms with van der Waals surface area (Å²) in [5.74, 6) is 0.863. The average Bonchev–Trinajstić information content (AvgIpc) is 2.60. The van der Waals surface area contributed by atoms with Gasteiger partial charge in [0, 0.05) is 19.7 Å². The molecule has 0 aliphatic carbocycles. The maximum Gasteiger partial charge on any atom is 0.271 e. The molecule has 0 bridgehead atoms. The van der Waals surface area contributed by atoms with Gasteiger partial charge in [-0.15, -0.1) is 0 Å². The van der Waals surface area contributed by atoms with E-state index in [0.717, 1.165) is 13.0 Å². The van der Waals surface area contributed by atoms with E-state index in [9.17, 15) is 4.79 Å². The molecule has 0 fully saturated rings. The molecule has 5 nitrogen and oxygen atoms in total. The monoisotopic (exact) mass is 210 g/mol. The van der Waals surface area contributed by atoms with Crippen molar-refractivity contribution < 1.29 is 4.79 Å². The van der Waals surface area contributed by atoms with Crippen LogP contribution in [0.5, 0.6) is 0 Å². The number of hydrogen-bond acceptors (Lipinski definition) is 3. The highest BCUT2D eigenvalue weighted by Crippen LogP contribution is 2.06. The van der Waals surface area contributed by atoms with E-state index < -0.39 is 0 Å². The summed E-state index contributed by atoms with van der Waals surface area (Å²) < 4.78 is 0. The van der Waals surface area contributed by atoms with E-state index in [-0.39, 0.29) is 5.91 Å². The lowest BCUT2D eigenvalue weighted by Gasteiger charge is -2.17. The van der Waals surface area contributed by atoms with Crippen LogP contribution in [0.4, 0.5) is 5.82 Å². The van der Waals surface area contributed by atoms with Gasteiger partial charge in [-0.3, -0.25) is 9.89 Å². The summed E-state index contributed by atoms with van der Waals surface area (Å²) in [6, 6.07) is 1.55. The van der Waals surface area contributed by atoms with E-state index in [1.54, 1.807) is 18.0 Å². The van der Waals surface area contributed by atoms with Gasteiger partial charge in [0.2, 0.25) is 0 Å². The Morgan fingerprint density at radius 3 is 2.80 bits per heavy atom. The third-order valence-electron chi connectivity index (χ3n) is 2.22. The van der Waals surface area contributed by atoms with Gasteiger partial charge < -0.3 is 10.6 Å². The molecule has 0 atom stereocenters. The Morgan fingerprint density at radius 1 is 1.67 bits per heavy atom. The van der Waals surface area contributed by atoms with E-state index in [4.69, 9.17) is 5.73 Å². The number of nitrogen functional groups attached to an aromatic ring is 1. The lowest BCUT2D eigenvalue weighted by Crippen LogP contribution is -2.28. The fraction of sp³-hybridized carbons (Fsp3) is 0.600. The average molecular weight is 210 g/mol. The van der Waals surface area contributed by atoms with E-state index >= 15 is 0 Å². The van der Waals surface area contributed by atoms with E-state index in [0.29, 0.717) is 17.4 Å². The minimum atomic E-state index is -0.0696. The number of H-pyrrole nitrogens is 1. The molecular formula is C10H18N4O. The molecule has 0 aliphatic heterocycles. The van der Waals surface area contributed by atoms with Crippen LogP contribution < -0.4 is 5.73 Å². The first-order valence-electron chi connectivity index (χ1n) is 5.07. The van der Waals surface area contributed by atoms with Crippen molar-refractivity contribution in [2.24, 2.45) is 5.92 Å². The summed E-state index contributed by atoms with van der Waals surface area (Å²) in [6.45, 7) is 5.01. The van der Waals surface area contributed by atoms with E-state index in [1.807, 2.05) is 0 Å². The van der Waals surface area contributed by atoms with Gasteiger partial charge in [0.25, 0.3) is 5.91 Å². The third kappa shape index (κ3) is 3.27. The fourth-order valence-electron chi connectivity index (χ4n) is 1.21. The van der Waals surface area contributed by atoms with Crippen LogP contribution in [0, 0.1) is 5.92 Å². The van der Waals surface area contributed by atoms with Crippen molar-refractivity contribution in [3.8, 4) is 0 Å². The predicted octanol–water partition coefficient (Wildman–Crippen LogP) is 1.11. The molecule has 1 heterocycles. The normalized spacial score (nSPS) is 10.7. The number of aromatic amines is 1. The first kappa shape index (κ1) is 11.6. The summed E-state index contributed by atoms with van der Waals surface area (Å²) in [6.07, 6.45) is 0.992. The molecule has 1 amide bonds. The molecule has 15 heavy (non-hydrogen) atoms. The zero-order valence-electron chi connectivity index (χ0n) is 9.45. The van der Waals surface area contributed by atoms with Crippen molar-refractivity contribution in [1.82, 2.24) is 15.1 Å². The molecule has 3 N–H and O–H groups in total. The molecule has 84 valence electrons. The van der Waals surface area contributed by atoms with Crippen LogP contribution in [-0.2, 0) is 0 Å². The van der Waals surface area contributed by atoms with Gasteiger partial charge in [-0.05, 0) is 12.3 Å². The van der Waals surface area contributed by atoms with Crippen molar-refractivity contribution in [1.29, 1.82) is 0 Å². The Hall–Kier alpha value is -1.52. The zero-order valence-corrected chi connectivity index (χ0v) is 9.45. The number of aromatic nitrogens is 2. The molecule has 1 rings (SSSR count). The van der Waals surface area contributed by atoms with Crippen LogP contribution in [0.2, 0.25) is 0 Å². The third-order valence-corrected chi connectivity index (χ3v) is 2.22. The second kappa shape index (κ2) is 4.82. The quantitative estimate of drug-likeness (QED) is 0.781. The SMILES string of the molecule is CC(C)CCN(C)C(=O)c1cc(N)n[nH]1. The van der Waals surface area contributed by atoms with Crippen molar-refractivity contribution in [2.45, 2.75) is 20.3 Å². The molecule has 5 heteroatoms. The maximum atomic E-state index is 11.8. The Balaban J connectivity index is 2.53. The second-order valence-electron chi connectivity index (χ2n) is 4.12. The van der Waals surface area contributed by atoms with Crippen LogP contribution in [0.15, 0.2) is 6.07 Å². The molecule has 0 saturated heterocycles. The topological polar surface area (TPSA) is 75.0 Å². The van der Waals surface area contributed by atoms with Crippen molar-refractivity contribution in [3.63, 3.8) is 0 Å². The molecule has 1 aromatic rings. The van der Waals surface area contributed by atoms with Crippen molar-refractivity contribution in [2.75, 3.05) is 19.3 Å². The molecule has 0 radical (unpaired) electrons. The zero-order chi connectivity index (χ0) is 11.4. The van der Waals surface area contributed by atoms with Gasteiger partial charge in [0.15, 0.2) is 0 Å². The lowest BCUT2D eigenvalue weighted by atomic mass is 10.1. The van der Waals surface area contributed by atoms with Crippen LogP contribution >= 0.6 is 0 Å². The number of rotatable bonds is 4. The largest absolute Gasteiger partial charge is 0.382 e. The molecule has 0 aliphatic rings. The highest BCUT2D eigenvalue weighted by atomic mass is 16.2. The Bertz CT molecular complexity index is 332. The Labute approximate surface area is 89.6 Å². The maximum absolute atomic E-state index is 11.8. The second-order valence-corrected chi connectivity index (χ2v) is 4.12. The van der Waals surface area contributed by atoms with Crippen molar-refractivity contribution in [3.05, 3.63) is 11.8 Å². The number of carbonyl (C=O) groups excluding carboxylic acids is 1. The number of nitrogens with one attached hydrogen (secondary N) is 1. The fourth-order valence-corrected chi connectivity index (χ4v) is 1.21. The highest BCUT2D eigenvalue weighted by Gasteiger charge is 2.13. The summed E-state index contributed by atoms with van der Waals surface area (Å²) >= 11 is 0. The van der Waals surface area contributed by atoms with Crippen LogP contribution in [0.3, 0.4) is 0 Å². The molecular weight excluding hydrogens is 192 g/mol. The molecule has 0 aromatic carbocycles. The van der Waals surface area contributed by atoms with Crippen LogP contribution in [-0.4, -0.2) is 34.6 Å². The van der Waals surface area contributed by atoms with E-state index in [2.05, 4.69) is 24.0 Å². The van der Waals surface area contributed by atoms with Crippen LogP contribution in [0.1, 0.15) is 30.8 Å². The molecule has 0 spiro atoms. The number of hydrogen-bond donors (Lipinski definition) is 2. The van der Waals surface area contributed by atoms with Gasteiger partial charge in [0.1, 0.15) is 11.5 Å². The highest BCUT2D eigenvalue weighted by molar-refractivity contribution is 5.92. The van der Waals surface area contributed by atoms with E-state index in [1.165, 1.54) is 0 Å². The summed E-state index contributed by atoms with van der Waals surface area (Å²) in [7, 11) is 1.78. The summed E-state index contributed by atoms with van der Waals surface area (Å²) in [5.41, 5.74) is 5.87. The van der Waals surface area contributed by atoms with Gasteiger partial charge in [-0.2, -0.15) is 5.10 Å². The number of nitrogens with two attached hydrogens (primary N) is 1. The first-order valence-corrected chi connectivity index (χ1v) is 5.07. The van der Waals surface area contributed by atoms with Gasteiger partial charge >= 0.3 is 0 Å². The standard InChI is InChI=1S/C10H18N4O/c1-7(2)4-5-14(3)10(15)8-6-9(11)13-12-8/h6-7H,4-5H2,1-3H3,(H3,11,12,13). The minimum absolute atomic E-state index is 0.0696. The lowest BCUT2D eigenvalue weighted by molar-refractivity contribution is 0.0783. The smallest absolute Gasteiger partial charge is 0.271 e. The van der Waals surface area contributed by atoms with Gasteiger partial charge in [-0.25, -0.2) is 0 Å². The number of anilines is 1. The molecule has 1 aromatic heterocycles. The summed E-state index contributed by atoms with van der Waals surface area (Å²) in [5, 5.41) is 6.33.